The molecule has 0 aromatic heterocycles. The molecular formula is C13H18ClN3O2. The molecule has 6 heteroatoms. The summed E-state index contributed by atoms with van der Waals surface area (Å²) in [6.07, 6.45) is 1.83. The molecule has 0 aliphatic carbocycles. The van der Waals surface area contributed by atoms with Gasteiger partial charge >= 0.3 is 5.69 Å². The van der Waals surface area contributed by atoms with E-state index >= 15 is 0 Å². The highest BCUT2D eigenvalue weighted by atomic mass is 35.5. The second-order valence-corrected chi connectivity index (χ2v) is 5.34. The van der Waals surface area contributed by atoms with E-state index in [1.165, 1.54) is 0 Å². The molecule has 2 unspecified atom stereocenters. The molecule has 1 heterocycles. The molecule has 1 aromatic rings. The Bertz CT molecular complexity index is 481. The zero-order chi connectivity index (χ0) is 14.0. The van der Waals surface area contributed by atoms with Crippen LogP contribution in [0.4, 0.5) is 11.4 Å². The molecule has 1 aromatic carbocycles. The van der Waals surface area contributed by atoms with Gasteiger partial charge in [0.2, 0.25) is 0 Å². The largest absolute Gasteiger partial charge is 0.366 e. The van der Waals surface area contributed by atoms with E-state index in [-0.39, 0.29) is 16.8 Å². The van der Waals surface area contributed by atoms with Crippen LogP contribution in [0.1, 0.15) is 19.8 Å². The van der Waals surface area contributed by atoms with Gasteiger partial charge in [-0.2, -0.15) is 0 Å². The molecule has 1 saturated heterocycles. The Balaban J connectivity index is 2.32. The Morgan fingerprint density at radius 3 is 2.95 bits per heavy atom. The number of para-hydroxylation sites is 1. The predicted molar refractivity (Wildman–Crippen MR) is 76.7 cm³/mol. The maximum Gasteiger partial charge on any atom is 0.310 e. The highest BCUT2D eigenvalue weighted by molar-refractivity contribution is 6.33. The standard InChI is InChI=1S/C13H18ClN3O2/c1-2-9-8-16(7-6-11(9)15)12-5-3-4-10(14)13(12)17(18)19/h3-5,9,11H,2,6-8,15H2,1H3. The number of halogens is 1. The van der Waals surface area contributed by atoms with Gasteiger partial charge in [0.15, 0.2) is 0 Å². The van der Waals surface area contributed by atoms with E-state index in [0.29, 0.717) is 11.6 Å². The Morgan fingerprint density at radius 1 is 1.58 bits per heavy atom. The Hall–Kier alpha value is -1.33. The van der Waals surface area contributed by atoms with E-state index < -0.39 is 4.92 Å². The van der Waals surface area contributed by atoms with Gasteiger partial charge in [-0.15, -0.1) is 0 Å². The molecule has 0 spiro atoms. The lowest BCUT2D eigenvalue weighted by molar-refractivity contribution is -0.384. The molecule has 0 bridgehead atoms. The molecule has 5 nitrogen and oxygen atoms in total. The molecule has 1 aliphatic rings. The molecule has 19 heavy (non-hydrogen) atoms. The summed E-state index contributed by atoms with van der Waals surface area (Å²) in [4.78, 5) is 12.8. The lowest BCUT2D eigenvalue weighted by Crippen LogP contribution is -2.47. The fourth-order valence-corrected chi connectivity index (χ4v) is 2.88. The average molecular weight is 284 g/mol. The molecule has 2 rings (SSSR count). The number of nitrogens with zero attached hydrogens (tertiary/aromatic N) is 2. The summed E-state index contributed by atoms with van der Waals surface area (Å²) in [6, 6.07) is 5.24. The third-order valence-corrected chi connectivity index (χ3v) is 4.11. The summed E-state index contributed by atoms with van der Waals surface area (Å²) < 4.78 is 0. The minimum Gasteiger partial charge on any atom is -0.366 e. The third-order valence-electron chi connectivity index (χ3n) is 3.81. The summed E-state index contributed by atoms with van der Waals surface area (Å²) in [5.41, 5.74) is 6.67. The summed E-state index contributed by atoms with van der Waals surface area (Å²) in [5, 5.41) is 11.4. The normalized spacial score (nSPS) is 23.4. The van der Waals surface area contributed by atoms with Crippen LogP contribution in [0.5, 0.6) is 0 Å². The van der Waals surface area contributed by atoms with Crippen LogP contribution in [-0.4, -0.2) is 24.1 Å². The van der Waals surface area contributed by atoms with Gasteiger partial charge in [-0.3, -0.25) is 10.1 Å². The molecule has 2 atom stereocenters. The number of benzene rings is 1. The molecule has 2 N–H and O–H groups in total. The van der Waals surface area contributed by atoms with Gasteiger partial charge < -0.3 is 10.6 Å². The Labute approximate surface area is 117 Å². The fourth-order valence-electron chi connectivity index (χ4n) is 2.64. The number of hydrogen-bond acceptors (Lipinski definition) is 4. The van der Waals surface area contributed by atoms with Gasteiger partial charge in [-0.05, 0) is 24.5 Å². The molecule has 1 aliphatic heterocycles. The van der Waals surface area contributed by atoms with Crippen LogP contribution >= 0.6 is 11.6 Å². The number of hydrogen-bond donors (Lipinski definition) is 1. The second kappa shape index (κ2) is 5.75. The topological polar surface area (TPSA) is 72.4 Å². The first-order valence-corrected chi connectivity index (χ1v) is 6.85. The first kappa shape index (κ1) is 14.1. The maximum atomic E-state index is 11.2. The van der Waals surface area contributed by atoms with Gasteiger partial charge in [0.05, 0.1) is 4.92 Å². The lowest BCUT2D eigenvalue weighted by atomic mass is 9.90. The van der Waals surface area contributed by atoms with Crippen LogP contribution in [-0.2, 0) is 0 Å². The van der Waals surface area contributed by atoms with Crippen molar-refractivity contribution < 1.29 is 4.92 Å². The van der Waals surface area contributed by atoms with Crippen molar-refractivity contribution in [2.45, 2.75) is 25.8 Å². The molecule has 1 fully saturated rings. The van der Waals surface area contributed by atoms with Crippen molar-refractivity contribution in [3.8, 4) is 0 Å². The number of nitro benzene ring substituents is 1. The van der Waals surface area contributed by atoms with E-state index in [0.717, 1.165) is 25.9 Å². The number of rotatable bonds is 3. The van der Waals surface area contributed by atoms with E-state index in [1.807, 2.05) is 4.90 Å². The van der Waals surface area contributed by atoms with Crippen molar-refractivity contribution in [2.75, 3.05) is 18.0 Å². The van der Waals surface area contributed by atoms with Gasteiger partial charge in [0.25, 0.3) is 0 Å². The van der Waals surface area contributed by atoms with Crippen LogP contribution in [0, 0.1) is 16.0 Å². The van der Waals surface area contributed by atoms with Crippen molar-refractivity contribution in [3.63, 3.8) is 0 Å². The van der Waals surface area contributed by atoms with Gasteiger partial charge in [-0.1, -0.05) is 31.0 Å². The van der Waals surface area contributed by atoms with Crippen LogP contribution < -0.4 is 10.6 Å². The third kappa shape index (κ3) is 2.82. The van der Waals surface area contributed by atoms with E-state index in [1.54, 1.807) is 18.2 Å². The smallest absolute Gasteiger partial charge is 0.310 e. The number of nitrogens with two attached hydrogens (primary N) is 1. The van der Waals surface area contributed by atoms with Crippen LogP contribution in [0.25, 0.3) is 0 Å². The van der Waals surface area contributed by atoms with Crippen LogP contribution in [0.15, 0.2) is 18.2 Å². The molecular weight excluding hydrogens is 266 g/mol. The fraction of sp³-hybridized carbons (Fsp3) is 0.538. The van der Waals surface area contributed by atoms with E-state index in [4.69, 9.17) is 17.3 Å². The Kier molecular flexibility index (Phi) is 4.27. The number of piperidine rings is 1. The minimum absolute atomic E-state index is 0.00510. The minimum atomic E-state index is -0.410. The maximum absolute atomic E-state index is 11.2. The summed E-state index contributed by atoms with van der Waals surface area (Å²) in [7, 11) is 0. The SMILES string of the molecule is CCC1CN(c2cccc(Cl)c2[N+](=O)[O-])CCC1N. The number of anilines is 1. The highest BCUT2D eigenvalue weighted by Crippen LogP contribution is 2.36. The molecule has 104 valence electrons. The summed E-state index contributed by atoms with van der Waals surface area (Å²) in [5.74, 6) is 0.368. The lowest BCUT2D eigenvalue weighted by Gasteiger charge is -2.37. The van der Waals surface area contributed by atoms with Crippen molar-refractivity contribution in [1.82, 2.24) is 0 Å². The van der Waals surface area contributed by atoms with Gasteiger partial charge in [-0.25, -0.2) is 0 Å². The van der Waals surface area contributed by atoms with Crippen molar-refractivity contribution >= 4 is 23.0 Å². The van der Waals surface area contributed by atoms with Crippen molar-refractivity contribution in [2.24, 2.45) is 11.7 Å². The summed E-state index contributed by atoms with van der Waals surface area (Å²) in [6.45, 7) is 3.58. The zero-order valence-electron chi connectivity index (χ0n) is 10.9. The van der Waals surface area contributed by atoms with Crippen molar-refractivity contribution in [3.05, 3.63) is 33.3 Å². The highest BCUT2D eigenvalue weighted by Gasteiger charge is 2.30. The van der Waals surface area contributed by atoms with E-state index in [9.17, 15) is 10.1 Å². The van der Waals surface area contributed by atoms with E-state index in [2.05, 4.69) is 6.92 Å². The van der Waals surface area contributed by atoms with Gasteiger partial charge in [0, 0.05) is 19.1 Å². The first-order valence-electron chi connectivity index (χ1n) is 6.48. The van der Waals surface area contributed by atoms with Crippen LogP contribution in [0.2, 0.25) is 5.02 Å². The molecule has 0 saturated carbocycles. The molecule has 0 amide bonds. The summed E-state index contributed by atoms with van der Waals surface area (Å²) >= 11 is 5.95. The number of nitro groups is 1. The predicted octanol–water partition coefficient (Wildman–Crippen LogP) is 2.81. The average Bonchev–Trinajstić information content (AvgIpc) is 2.38. The first-order chi connectivity index (χ1) is 9.04. The molecule has 0 radical (unpaired) electrons. The van der Waals surface area contributed by atoms with Crippen molar-refractivity contribution in [1.29, 1.82) is 0 Å². The quantitative estimate of drug-likeness (QED) is 0.684. The van der Waals surface area contributed by atoms with Crippen LogP contribution in [0.3, 0.4) is 0 Å². The second-order valence-electron chi connectivity index (χ2n) is 4.93. The zero-order valence-corrected chi connectivity index (χ0v) is 11.6. The van der Waals surface area contributed by atoms with Gasteiger partial charge in [0.1, 0.15) is 10.7 Å². The Morgan fingerprint density at radius 2 is 2.32 bits per heavy atom. The monoisotopic (exact) mass is 283 g/mol.